The van der Waals surface area contributed by atoms with Gasteiger partial charge in [-0.25, -0.2) is 9.97 Å². The molecule has 1 aromatic heterocycles. The summed E-state index contributed by atoms with van der Waals surface area (Å²) >= 11 is 7.35. The van der Waals surface area contributed by atoms with Gasteiger partial charge in [-0.3, -0.25) is 0 Å². The van der Waals surface area contributed by atoms with Crippen molar-refractivity contribution in [3.63, 3.8) is 0 Å². The Labute approximate surface area is 113 Å². The zero-order valence-corrected chi connectivity index (χ0v) is 10.7. The van der Waals surface area contributed by atoms with E-state index in [1.165, 1.54) is 11.8 Å². The maximum absolute atomic E-state index is 8.59. The van der Waals surface area contributed by atoms with E-state index in [2.05, 4.69) is 15.1 Å². The fourth-order valence-corrected chi connectivity index (χ4v) is 2.23. The monoisotopic (exact) mass is 280 g/mol. The second-order valence-corrected chi connectivity index (χ2v) is 4.66. The van der Waals surface area contributed by atoms with Crippen molar-refractivity contribution < 1.29 is 5.21 Å². The molecule has 0 fully saturated rings. The summed E-state index contributed by atoms with van der Waals surface area (Å²) < 4.78 is 0. The summed E-state index contributed by atoms with van der Waals surface area (Å²) in [5.41, 5.74) is 5.82. The van der Waals surface area contributed by atoms with Gasteiger partial charge in [-0.15, -0.1) is 0 Å². The van der Waals surface area contributed by atoms with Crippen LogP contribution in [0.3, 0.4) is 0 Å². The lowest BCUT2D eigenvalue weighted by Crippen LogP contribution is -2.15. The van der Waals surface area contributed by atoms with Crippen LogP contribution >= 0.6 is 23.4 Å². The van der Waals surface area contributed by atoms with Gasteiger partial charge in [0.1, 0.15) is 5.69 Å². The van der Waals surface area contributed by atoms with Crippen molar-refractivity contribution >= 4 is 29.2 Å². The predicted octanol–water partition coefficient (Wildman–Crippen LogP) is 2.38. The third kappa shape index (κ3) is 2.91. The summed E-state index contributed by atoms with van der Waals surface area (Å²) in [5.74, 6) is -0.0570. The molecule has 0 radical (unpaired) electrons. The molecule has 0 atom stereocenters. The zero-order chi connectivity index (χ0) is 13.0. The van der Waals surface area contributed by atoms with E-state index >= 15 is 0 Å². The Morgan fingerprint density at radius 1 is 1.33 bits per heavy atom. The summed E-state index contributed by atoms with van der Waals surface area (Å²) in [6, 6.07) is 8.94. The number of benzene rings is 1. The third-order valence-electron chi connectivity index (χ3n) is 2.04. The highest BCUT2D eigenvalue weighted by molar-refractivity contribution is 7.99. The molecule has 0 saturated heterocycles. The maximum atomic E-state index is 8.59. The quantitative estimate of drug-likeness (QED) is 0.296. The van der Waals surface area contributed by atoms with Gasteiger partial charge >= 0.3 is 0 Å². The Balaban J connectivity index is 2.28. The summed E-state index contributed by atoms with van der Waals surface area (Å²) in [7, 11) is 0. The van der Waals surface area contributed by atoms with Gasteiger partial charge < -0.3 is 10.9 Å². The first kappa shape index (κ1) is 12.7. The Morgan fingerprint density at radius 2 is 2.11 bits per heavy atom. The zero-order valence-electron chi connectivity index (χ0n) is 9.12. The molecular weight excluding hydrogens is 272 g/mol. The van der Waals surface area contributed by atoms with Crippen LogP contribution in [0.4, 0.5) is 0 Å². The van der Waals surface area contributed by atoms with Crippen molar-refractivity contribution in [1.82, 2.24) is 9.97 Å². The fourth-order valence-electron chi connectivity index (χ4n) is 1.21. The van der Waals surface area contributed by atoms with E-state index in [1.54, 1.807) is 18.3 Å². The summed E-state index contributed by atoms with van der Waals surface area (Å²) in [6.45, 7) is 0. The standard InChI is InChI=1S/C11H9ClN4OS/c12-7-3-1-2-4-9(7)18-11-14-6-5-8(15-11)10(13)16-17/h1-6,17H,(H2,13,16). The highest BCUT2D eigenvalue weighted by atomic mass is 35.5. The largest absolute Gasteiger partial charge is 0.409 e. The lowest BCUT2D eigenvalue weighted by Gasteiger charge is -2.03. The molecule has 0 unspecified atom stereocenters. The van der Waals surface area contributed by atoms with Crippen LogP contribution in [0, 0.1) is 0 Å². The normalized spacial score (nSPS) is 11.5. The smallest absolute Gasteiger partial charge is 0.193 e. The molecule has 18 heavy (non-hydrogen) atoms. The van der Waals surface area contributed by atoms with Crippen molar-refractivity contribution in [1.29, 1.82) is 0 Å². The van der Waals surface area contributed by atoms with Crippen LogP contribution in [0.25, 0.3) is 0 Å². The molecule has 92 valence electrons. The van der Waals surface area contributed by atoms with E-state index in [-0.39, 0.29) is 5.84 Å². The van der Waals surface area contributed by atoms with Gasteiger partial charge in [0.15, 0.2) is 11.0 Å². The number of amidine groups is 1. The highest BCUT2D eigenvalue weighted by Crippen LogP contribution is 2.30. The first-order valence-electron chi connectivity index (χ1n) is 4.94. The number of aromatic nitrogens is 2. The molecule has 2 rings (SSSR count). The van der Waals surface area contributed by atoms with Gasteiger partial charge in [-0.2, -0.15) is 0 Å². The Morgan fingerprint density at radius 3 is 2.83 bits per heavy atom. The molecule has 0 spiro atoms. The van der Waals surface area contributed by atoms with E-state index in [9.17, 15) is 0 Å². The van der Waals surface area contributed by atoms with Crippen LogP contribution in [-0.4, -0.2) is 21.0 Å². The lowest BCUT2D eigenvalue weighted by atomic mass is 10.4. The number of oxime groups is 1. The van der Waals surface area contributed by atoms with Crippen LogP contribution in [0.1, 0.15) is 5.69 Å². The Hall–Kier alpha value is -1.79. The van der Waals surface area contributed by atoms with Crippen LogP contribution in [0.5, 0.6) is 0 Å². The number of rotatable bonds is 3. The maximum Gasteiger partial charge on any atom is 0.193 e. The minimum Gasteiger partial charge on any atom is -0.409 e. The molecule has 0 saturated carbocycles. The van der Waals surface area contributed by atoms with Gasteiger partial charge in [0.2, 0.25) is 0 Å². The number of hydrogen-bond acceptors (Lipinski definition) is 5. The predicted molar refractivity (Wildman–Crippen MR) is 70.1 cm³/mol. The SMILES string of the molecule is N/C(=N/O)c1ccnc(Sc2ccccc2Cl)n1. The van der Waals surface area contributed by atoms with Crippen molar-refractivity contribution in [2.45, 2.75) is 10.1 Å². The van der Waals surface area contributed by atoms with E-state index in [1.807, 2.05) is 18.2 Å². The number of nitrogens with two attached hydrogens (primary N) is 1. The Bertz CT molecular complexity index is 591. The summed E-state index contributed by atoms with van der Waals surface area (Å²) in [5, 5.41) is 12.6. The van der Waals surface area contributed by atoms with Crippen molar-refractivity contribution in [2.75, 3.05) is 0 Å². The first-order valence-corrected chi connectivity index (χ1v) is 6.13. The van der Waals surface area contributed by atoms with E-state index in [0.717, 1.165) is 4.90 Å². The van der Waals surface area contributed by atoms with Crippen LogP contribution in [-0.2, 0) is 0 Å². The van der Waals surface area contributed by atoms with Crippen LogP contribution < -0.4 is 5.73 Å². The van der Waals surface area contributed by atoms with Gasteiger partial charge in [-0.05, 0) is 30.0 Å². The van der Waals surface area contributed by atoms with Gasteiger partial charge in [0, 0.05) is 11.1 Å². The molecule has 0 amide bonds. The Kier molecular flexibility index (Phi) is 4.01. The molecule has 0 aliphatic rings. The van der Waals surface area contributed by atoms with Crippen LogP contribution in [0.15, 0.2) is 51.7 Å². The average molecular weight is 281 g/mol. The minimum absolute atomic E-state index is 0.0570. The van der Waals surface area contributed by atoms with E-state index in [0.29, 0.717) is 15.9 Å². The van der Waals surface area contributed by atoms with Gasteiger partial charge in [0.05, 0.1) is 5.02 Å². The van der Waals surface area contributed by atoms with Gasteiger partial charge in [-0.1, -0.05) is 28.9 Å². The minimum atomic E-state index is -0.0570. The first-order chi connectivity index (χ1) is 8.70. The summed E-state index contributed by atoms with van der Waals surface area (Å²) in [4.78, 5) is 9.09. The molecule has 0 aliphatic heterocycles. The van der Waals surface area contributed by atoms with E-state index < -0.39 is 0 Å². The molecule has 0 bridgehead atoms. The molecule has 5 nitrogen and oxygen atoms in total. The van der Waals surface area contributed by atoms with Crippen molar-refractivity contribution in [3.8, 4) is 0 Å². The van der Waals surface area contributed by atoms with Crippen molar-refractivity contribution in [2.24, 2.45) is 10.9 Å². The molecule has 2 aromatic rings. The number of hydrogen-bond donors (Lipinski definition) is 2. The number of nitrogens with zero attached hydrogens (tertiary/aromatic N) is 3. The van der Waals surface area contributed by atoms with Gasteiger partial charge in [0.25, 0.3) is 0 Å². The topological polar surface area (TPSA) is 84.4 Å². The number of halogens is 1. The molecule has 7 heteroatoms. The van der Waals surface area contributed by atoms with E-state index in [4.69, 9.17) is 22.5 Å². The molecule has 1 heterocycles. The second-order valence-electron chi connectivity index (χ2n) is 3.24. The molecule has 0 aliphatic carbocycles. The lowest BCUT2D eigenvalue weighted by molar-refractivity contribution is 0.318. The van der Waals surface area contributed by atoms with Crippen molar-refractivity contribution in [3.05, 3.63) is 47.2 Å². The molecule has 3 N–H and O–H groups in total. The third-order valence-corrected chi connectivity index (χ3v) is 3.44. The average Bonchev–Trinajstić information content (AvgIpc) is 2.41. The molecular formula is C11H9ClN4OS. The molecule has 1 aromatic carbocycles. The highest BCUT2D eigenvalue weighted by Gasteiger charge is 2.07. The fraction of sp³-hybridized carbons (Fsp3) is 0. The summed E-state index contributed by atoms with van der Waals surface area (Å²) in [6.07, 6.45) is 1.54. The van der Waals surface area contributed by atoms with Crippen LogP contribution in [0.2, 0.25) is 5.02 Å². The second kappa shape index (κ2) is 5.70.